The van der Waals surface area contributed by atoms with E-state index in [-0.39, 0.29) is 18.9 Å². The summed E-state index contributed by atoms with van der Waals surface area (Å²) in [6.07, 6.45) is 5.98. The van der Waals surface area contributed by atoms with Gasteiger partial charge in [0.15, 0.2) is 0 Å². The number of hydrogen-bond acceptors (Lipinski definition) is 2. The average Bonchev–Trinajstić information content (AvgIpc) is 2.72. The van der Waals surface area contributed by atoms with Crippen molar-refractivity contribution in [3.8, 4) is 0 Å². The molecule has 1 N–H and O–H groups in total. The Bertz CT molecular complexity index is 379. The monoisotopic (exact) mass is 257 g/mol. The van der Waals surface area contributed by atoms with E-state index in [0.29, 0.717) is 18.8 Å². The lowest BCUT2D eigenvalue weighted by Gasteiger charge is -2.33. The van der Waals surface area contributed by atoms with Crippen LogP contribution in [0.5, 0.6) is 0 Å². The predicted molar refractivity (Wildman–Crippen MR) is 66.7 cm³/mol. The summed E-state index contributed by atoms with van der Waals surface area (Å²) in [7, 11) is 3.80. The Balaban J connectivity index is 1.93. The minimum Gasteiger partial charge on any atom is -0.316 e. The highest BCUT2D eigenvalue weighted by molar-refractivity contribution is 5.07. The number of rotatable bonds is 4. The largest absolute Gasteiger partial charge is 0.316 e. The molecular weight excluding hydrogens is 236 g/mol. The number of likely N-dealkylation sites (N-methyl/N-ethyl adjacent to an activating group) is 1. The van der Waals surface area contributed by atoms with Crippen LogP contribution in [0.25, 0.3) is 0 Å². The summed E-state index contributed by atoms with van der Waals surface area (Å²) >= 11 is 0. The van der Waals surface area contributed by atoms with E-state index in [1.54, 1.807) is 4.68 Å². The molecule has 1 aliphatic carbocycles. The third kappa shape index (κ3) is 3.28. The van der Waals surface area contributed by atoms with Crippen molar-refractivity contribution in [3.05, 3.63) is 18.0 Å². The molecular formula is C13H21F2N3. The summed E-state index contributed by atoms with van der Waals surface area (Å²) in [4.78, 5) is 0. The first-order chi connectivity index (χ1) is 8.50. The van der Waals surface area contributed by atoms with E-state index in [1.165, 1.54) is 0 Å². The molecule has 102 valence electrons. The third-order valence-corrected chi connectivity index (χ3v) is 3.92. The number of aromatic nitrogens is 2. The Morgan fingerprint density at radius 3 is 2.67 bits per heavy atom. The lowest BCUT2D eigenvalue weighted by molar-refractivity contribution is -0.0492. The Kier molecular flexibility index (Phi) is 4.00. The normalized spacial score (nSPS) is 22.0. The maximum absolute atomic E-state index is 13.1. The van der Waals surface area contributed by atoms with Crippen molar-refractivity contribution in [1.82, 2.24) is 15.1 Å². The van der Waals surface area contributed by atoms with Crippen molar-refractivity contribution >= 4 is 0 Å². The van der Waals surface area contributed by atoms with Crippen LogP contribution in [0.15, 0.2) is 12.4 Å². The van der Waals surface area contributed by atoms with Crippen LogP contribution >= 0.6 is 0 Å². The highest BCUT2D eigenvalue weighted by atomic mass is 19.3. The van der Waals surface area contributed by atoms with E-state index in [9.17, 15) is 8.78 Å². The summed E-state index contributed by atoms with van der Waals surface area (Å²) in [5, 5.41) is 7.42. The third-order valence-electron chi connectivity index (χ3n) is 3.92. The first-order valence-corrected chi connectivity index (χ1v) is 6.53. The molecule has 2 rings (SSSR count). The van der Waals surface area contributed by atoms with Crippen molar-refractivity contribution in [1.29, 1.82) is 0 Å². The van der Waals surface area contributed by atoms with Crippen LogP contribution in [0.3, 0.4) is 0 Å². The highest BCUT2D eigenvalue weighted by Gasteiger charge is 2.37. The van der Waals surface area contributed by atoms with Gasteiger partial charge in [0, 0.05) is 32.1 Å². The van der Waals surface area contributed by atoms with Crippen LogP contribution in [-0.4, -0.2) is 28.8 Å². The fourth-order valence-corrected chi connectivity index (χ4v) is 2.80. The molecule has 1 aromatic rings. The molecule has 5 heteroatoms. The van der Waals surface area contributed by atoms with Crippen LogP contribution in [0.1, 0.15) is 31.2 Å². The zero-order valence-electron chi connectivity index (χ0n) is 11.0. The van der Waals surface area contributed by atoms with Crippen LogP contribution in [-0.2, 0) is 13.5 Å². The quantitative estimate of drug-likeness (QED) is 0.897. The zero-order valence-corrected chi connectivity index (χ0v) is 11.0. The molecule has 1 unspecified atom stereocenters. The molecule has 0 amide bonds. The summed E-state index contributed by atoms with van der Waals surface area (Å²) in [5.74, 6) is -2.10. The summed E-state index contributed by atoms with van der Waals surface area (Å²) in [5.41, 5.74) is 1.16. The molecule has 0 radical (unpaired) electrons. The molecule has 0 saturated heterocycles. The fraction of sp³-hybridized carbons (Fsp3) is 0.769. The smallest absolute Gasteiger partial charge is 0.248 e. The van der Waals surface area contributed by atoms with Gasteiger partial charge in [0.2, 0.25) is 5.92 Å². The summed E-state index contributed by atoms with van der Waals surface area (Å²) in [6.45, 7) is 0. The van der Waals surface area contributed by atoms with E-state index < -0.39 is 5.92 Å². The summed E-state index contributed by atoms with van der Waals surface area (Å²) < 4.78 is 28.1. The van der Waals surface area contributed by atoms with Gasteiger partial charge >= 0.3 is 0 Å². The molecule has 1 aliphatic rings. The van der Waals surface area contributed by atoms with Gasteiger partial charge in [-0.1, -0.05) is 0 Å². The van der Waals surface area contributed by atoms with E-state index >= 15 is 0 Å². The number of halogens is 2. The topological polar surface area (TPSA) is 29.9 Å². The second-order valence-electron chi connectivity index (χ2n) is 5.31. The van der Waals surface area contributed by atoms with E-state index in [4.69, 9.17) is 0 Å². The SMILES string of the molecule is CNC(Cc1cnn(C)c1)C1CCC(F)(F)CC1. The minimum atomic E-state index is -2.44. The summed E-state index contributed by atoms with van der Waals surface area (Å²) in [6, 6.07) is 0.269. The lowest BCUT2D eigenvalue weighted by atomic mass is 9.80. The van der Waals surface area contributed by atoms with Crippen LogP contribution in [0.4, 0.5) is 8.78 Å². The van der Waals surface area contributed by atoms with Crippen LogP contribution in [0, 0.1) is 5.92 Å². The Hall–Kier alpha value is -0.970. The second-order valence-corrected chi connectivity index (χ2v) is 5.31. The van der Waals surface area contributed by atoms with E-state index in [2.05, 4.69) is 10.4 Å². The average molecular weight is 257 g/mol. The number of alkyl halides is 2. The molecule has 1 heterocycles. The highest BCUT2D eigenvalue weighted by Crippen LogP contribution is 2.37. The standard InChI is InChI=1S/C13H21F2N3/c1-16-12(7-10-8-17-18(2)9-10)11-3-5-13(14,15)6-4-11/h8-9,11-12,16H,3-7H2,1-2H3. The Morgan fingerprint density at radius 2 is 2.17 bits per heavy atom. The first kappa shape index (κ1) is 13.5. The zero-order chi connectivity index (χ0) is 13.2. The van der Waals surface area contributed by atoms with Gasteiger partial charge < -0.3 is 5.32 Å². The Labute approximate surface area is 107 Å². The van der Waals surface area contributed by atoms with Crippen molar-refractivity contribution in [2.45, 2.75) is 44.1 Å². The van der Waals surface area contributed by atoms with Crippen molar-refractivity contribution in [2.24, 2.45) is 13.0 Å². The molecule has 3 nitrogen and oxygen atoms in total. The molecule has 1 atom stereocenters. The van der Waals surface area contributed by atoms with E-state index in [0.717, 1.165) is 12.0 Å². The number of aryl methyl sites for hydroxylation is 1. The maximum Gasteiger partial charge on any atom is 0.248 e. The lowest BCUT2D eigenvalue weighted by Crippen LogP contribution is -2.39. The van der Waals surface area contributed by atoms with Gasteiger partial charge in [-0.05, 0) is 37.8 Å². The maximum atomic E-state index is 13.1. The van der Waals surface area contributed by atoms with Gasteiger partial charge in [-0.2, -0.15) is 5.10 Å². The number of nitrogens with one attached hydrogen (secondary N) is 1. The van der Waals surface area contributed by atoms with Crippen molar-refractivity contribution < 1.29 is 8.78 Å². The van der Waals surface area contributed by atoms with Crippen LogP contribution < -0.4 is 5.32 Å². The number of hydrogen-bond donors (Lipinski definition) is 1. The van der Waals surface area contributed by atoms with Crippen molar-refractivity contribution in [2.75, 3.05) is 7.05 Å². The van der Waals surface area contributed by atoms with Gasteiger partial charge in [0.1, 0.15) is 0 Å². The molecule has 0 aliphatic heterocycles. The molecule has 0 bridgehead atoms. The van der Waals surface area contributed by atoms with Gasteiger partial charge in [0.25, 0.3) is 0 Å². The van der Waals surface area contributed by atoms with Gasteiger partial charge in [-0.15, -0.1) is 0 Å². The van der Waals surface area contributed by atoms with Gasteiger partial charge in [-0.25, -0.2) is 8.78 Å². The van der Waals surface area contributed by atoms with E-state index in [1.807, 2.05) is 26.5 Å². The molecule has 0 spiro atoms. The number of nitrogens with zero attached hydrogens (tertiary/aromatic N) is 2. The van der Waals surface area contributed by atoms with Gasteiger partial charge in [-0.3, -0.25) is 4.68 Å². The molecule has 1 fully saturated rings. The van der Waals surface area contributed by atoms with Crippen LogP contribution in [0.2, 0.25) is 0 Å². The predicted octanol–water partition coefficient (Wildman–Crippen LogP) is 2.38. The molecule has 18 heavy (non-hydrogen) atoms. The fourth-order valence-electron chi connectivity index (χ4n) is 2.80. The molecule has 0 aromatic carbocycles. The Morgan fingerprint density at radius 1 is 1.50 bits per heavy atom. The molecule has 1 saturated carbocycles. The molecule has 1 aromatic heterocycles. The van der Waals surface area contributed by atoms with Gasteiger partial charge in [0.05, 0.1) is 6.20 Å². The second kappa shape index (κ2) is 5.34. The minimum absolute atomic E-state index is 0.0306. The first-order valence-electron chi connectivity index (χ1n) is 6.53. The van der Waals surface area contributed by atoms with Crippen molar-refractivity contribution in [3.63, 3.8) is 0 Å².